The van der Waals surface area contributed by atoms with Crippen molar-refractivity contribution in [2.75, 3.05) is 5.75 Å². The van der Waals surface area contributed by atoms with Crippen molar-refractivity contribution in [3.05, 3.63) is 22.1 Å². The van der Waals surface area contributed by atoms with Crippen LogP contribution in [0.25, 0.3) is 0 Å². The van der Waals surface area contributed by atoms with E-state index in [1.165, 1.54) is 12.6 Å². The molecule has 20 heavy (non-hydrogen) atoms. The van der Waals surface area contributed by atoms with Gasteiger partial charge in [-0.05, 0) is 13.3 Å². The van der Waals surface area contributed by atoms with Crippen molar-refractivity contribution >= 4 is 17.7 Å². The van der Waals surface area contributed by atoms with Crippen LogP contribution in [0.15, 0.2) is 16.1 Å². The predicted octanol–water partition coefficient (Wildman–Crippen LogP) is 2.05. The molecular formula is C14H21N3O2S. The Labute approximate surface area is 123 Å². The van der Waals surface area contributed by atoms with Crippen molar-refractivity contribution in [2.45, 2.75) is 57.3 Å². The highest BCUT2D eigenvalue weighted by Crippen LogP contribution is 2.20. The number of thioether (sulfide) groups is 1. The van der Waals surface area contributed by atoms with Crippen LogP contribution in [-0.2, 0) is 6.54 Å². The van der Waals surface area contributed by atoms with Gasteiger partial charge < -0.3 is 5.32 Å². The smallest absolute Gasteiger partial charge is 0.267 e. The number of aromatic nitrogens is 2. The fourth-order valence-corrected chi connectivity index (χ4v) is 3.16. The second-order valence-corrected chi connectivity index (χ2v) is 6.19. The summed E-state index contributed by atoms with van der Waals surface area (Å²) in [5.74, 6) is 0.541. The summed E-state index contributed by atoms with van der Waals surface area (Å²) in [5, 5.41) is 3.60. The minimum absolute atomic E-state index is 0.0843. The van der Waals surface area contributed by atoms with Crippen LogP contribution in [0.1, 0.15) is 49.9 Å². The molecular weight excluding hydrogens is 274 g/mol. The first-order valence-corrected chi connectivity index (χ1v) is 8.15. The minimum atomic E-state index is -0.307. The van der Waals surface area contributed by atoms with Gasteiger partial charge in [-0.3, -0.25) is 14.2 Å². The third-order valence-corrected chi connectivity index (χ3v) is 4.39. The molecule has 0 saturated heterocycles. The molecule has 1 N–H and O–H groups in total. The summed E-state index contributed by atoms with van der Waals surface area (Å²) in [5.41, 5.74) is -0.0724. The van der Waals surface area contributed by atoms with E-state index in [2.05, 4.69) is 17.2 Å². The van der Waals surface area contributed by atoms with E-state index >= 15 is 0 Å². The lowest BCUT2D eigenvalue weighted by atomic mass is 10.1. The summed E-state index contributed by atoms with van der Waals surface area (Å²) < 4.78 is 1.58. The maximum atomic E-state index is 12.2. The third-order valence-electron chi connectivity index (χ3n) is 3.42. The highest BCUT2D eigenvalue weighted by atomic mass is 32.2. The molecule has 6 heteroatoms. The van der Waals surface area contributed by atoms with Gasteiger partial charge in [-0.1, -0.05) is 37.9 Å². The first kappa shape index (κ1) is 15.1. The normalized spacial score (nSPS) is 14.9. The van der Waals surface area contributed by atoms with Crippen LogP contribution >= 0.6 is 11.8 Å². The average molecular weight is 295 g/mol. The van der Waals surface area contributed by atoms with Gasteiger partial charge in [0.05, 0.1) is 0 Å². The number of carbonyl (C=O) groups is 1. The molecule has 2 heterocycles. The number of carbonyl (C=O) groups excluding carboxylic acids is 1. The lowest BCUT2D eigenvalue weighted by molar-refractivity contribution is 0.0935. The lowest BCUT2D eigenvalue weighted by Crippen LogP contribution is -2.37. The molecule has 0 radical (unpaired) electrons. The van der Waals surface area contributed by atoms with E-state index in [1.807, 2.05) is 6.92 Å². The molecule has 2 rings (SSSR count). The zero-order chi connectivity index (χ0) is 14.5. The number of amides is 1. The summed E-state index contributed by atoms with van der Waals surface area (Å²) in [6.45, 7) is 4.76. The van der Waals surface area contributed by atoms with Crippen LogP contribution < -0.4 is 10.9 Å². The number of rotatable bonds is 6. The summed E-state index contributed by atoms with van der Waals surface area (Å²) in [4.78, 5) is 28.5. The zero-order valence-corrected chi connectivity index (χ0v) is 12.8. The second kappa shape index (κ2) is 6.92. The Morgan fingerprint density at radius 3 is 3.10 bits per heavy atom. The van der Waals surface area contributed by atoms with E-state index in [0.717, 1.165) is 25.0 Å². The van der Waals surface area contributed by atoms with Gasteiger partial charge in [0, 0.05) is 24.5 Å². The van der Waals surface area contributed by atoms with Gasteiger partial charge in [0.1, 0.15) is 5.56 Å². The van der Waals surface area contributed by atoms with Crippen LogP contribution in [0.2, 0.25) is 0 Å². The van der Waals surface area contributed by atoms with E-state index in [9.17, 15) is 9.59 Å². The Morgan fingerprint density at radius 1 is 1.55 bits per heavy atom. The topological polar surface area (TPSA) is 64.0 Å². The zero-order valence-electron chi connectivity index (χ0n) is 12.0. The molecule has 1 amide bonds. The molecule has 0 spiro atoms. The summed E-state index contributed by atoms with van der Waals surface area (Å²) >= 11 is 1.55. The number of fused-ring (bicyclic) bond motifs is 1. The first-order chi connectivity index (χ1) is 9.63. The highest BCUT2D eigenvalue weighted by Gasteiger charge is 2.20. The molecule has 110 valence electrons. The number of hydrogen-bond donors (Lipinski definition) is 1. The minimum Gasteiger partial charge on any atom is -0.349 e. The molecule has 0 aliphatic carbocycles. The molecule has 0 saturated carbocycles. The molecule has 1 aliphatic rings. The molecule has 5 nitrogen and oxygen atoms in total. The van der Waals surface area contributed by atoms with Crippen molar-refractivity contribution in [1.82, 2.24) is 14.9 Å². The Balaban J connectivity index is 2.01. The van der Waals surface area contributed by atoms with E-state index in [-0.39, 0.29) is 23.1 Å². The summed E-state index contributed by atoms with van der Waals surface area (Å²) in [6, 6.07) is 0.0843. The third kappa shape index (κ3) is 3.42. The van der Waals surface area contributed by atoms with Gasteiger partial charge in [-0.15, -0.1) is 0 Å². The van der Waals surface area contributed by atoms with Crippen LogP contribution in [0.4, 0.5) is 0 Å². The number of hydrogen-bond acceptors (Lipinski definition) is 4. The van der Waals surface area contributed by atoms with Crippen molar-refractivity contribution < 1.29 is 4.79 Å². The van der Waals surface area contributed by atoms with Crippen LogP contribution in [0.3, 0.4) is 0 Å². The molecule has 1 aromatic heterocycles. The number of nitrogens with one attached hydrogen (secondary N) is 1. The molecule has 0 aromatic carbocycles. The summed E-state index contributed by atoms with van der Waals surface area (Å²) in [6.07, 6.45) is 5.76. The van der Waals surface area contributed by atoms with Crippen LogP contribution in [0.5, 0.6) is 0 Å². The largest absolute Gasteiger partial charge is 0.349 e. The maximum absolute atomic E-state index is 12.2. The average Bonchev–Trinajstić information content (AvgIpc) is 2.88. The molecule has 0 fully saturated rings. The van der Waals surface area contributed by atoms with Crippen molar-refractivity contribution in [1.29, 1.82) is 0 Å². The van der Waals surface area contributed by atoms with E-state index in [4.69, 9.17) is 0 Å². The predicted molar refractivity (Wildman–Crippen MR) is 80.3 cm³/mol. The maximum Gasteiger partial charge on any atom is 0.267 e. The van der Waals surface area contributed by atoms with Gasteiger partial charge in [0.15, 0.2) is 5.16 Å². The molecule has 1 unspecified atom stereocenters. The first-order valence-electron chi connectivity index (χ1n) is 7.17. The molecule has 1 aliphatic heterocycles. The molecule has 0 bridgehead atoms. The lowest BCUT2D eigenvalue weighted by Gasteiger charge is -2.13. The standard InChI is InChI=1S/C14H21N3O2S/c1-3-4-5-6-10(2)16-12(18)11-9-15-14-17(13(11)19)7-8-20-14/h9-10H,3-8H2,1-2H3,(H,16,18). The number of nitrogens with zero attached hydrogens (tertiary/aromatic N) is 2. The van der Waals surface area contributed by atoms with Crippen molar-refractivity contribution in [3.63, 3.8) is 0 Å². The summed E-state index contributed by atoms with van der Waals surface area (Å²) in [7, 11) is 0. The highest BCUT2D eigenvalue weighted by molar-refractivity contribution is 7.99. The van der Waals surface area contributed by atoms with E-state index < -0.39 is 0 Å². The van der Waals surface area contributed by atoms with Gasteiger partial charge in [0.25, 0.3) is 11.5 Å². The fraction of sp³-hybridized carbons (Fsp3) is 0.643. The Morgan fingerprint density at radius 2 is 2.35 bits per heavy atom. The van der Waals surface area contributed by atoms with Gasteiger partial charge in [0.2, 0.25) is 0 Å². The molecule has 1 aromatic rings. The van der Waals surface area contributed by atoms with Gasteiger partial charge >= 0.3 is 0 Å². The Kier molecular flexibility index (Phi) is 5.23. The van der Waals surface area contributed by atoms with Gasteiger partial charge in [-0.25, -0.2) is 4.98 Å². The van der Waals surface area contributed by atoms with Crippen LogP contribution in [-0.4, -0.2) is 27.3 Å². The monoisotopic (exact) mass is 295 g/mol. The molecule has 1 atom stereocenters. The SMILES string of the molecule is CCCCCC(C)NC(=O)c1cnc2n(c1=O)CCS2. The van der Waals surface area contributed by atoms with Gasteiger partial charge in [-0.2, -0.15) is 0 Å². The van der Waals surface area contributed by atoms with Crippen LogP contribution in [0, 0.1) is 0 Å². The second-order valence-electron chi connectivity index (χ2n) is 5.13. The Hall–Kier alpha value is -1.30. The van der Waals surface area contributed by atoms with E-state index in [1.54, 1.807) is 16.3 Å². The van der Waals surface area contributed by atoms with Crippen molar-refractivity contribution in [3.8, 4) is 0 Å². The Bertz CT molecular complexity index is 542. The van der Waals surface area contributed by atoms with E-state index in [0.29, 0.717) is 11.7 Å². The number of unbranched alkanes of at least 4 members (excludes halogenated alkanes) is 2. The quantitative estimate of drug-likeness (QED) is 0.644. The van der Waals surface area contributed by atoms with Crippen molar-refractivity contribution in [2.24, 2.45) is 0 Å². The fourth-order valence-electron chi connectivity index (χ4n) is 2.25.